The van der Waals surface area contributed by atoms with Crippen LogP contribution in [-0.2, 0) is 19.4 Å². The Kier molecular flexibility index (Phi) is 4.36. The molecule has 3 aromatic rings. The Morgan fingerprint density at radius 3 is 2.72 bits per heavy atom. The molecule has 4 rings (SSSR count). The number of pyridine rings is 2. The van der Waals surface area contributed by atoms with E-state index in [0.29, 0.717) is 0 Å². The van der Waals surface area contributed by atoms with E-state index in [1.807, 2.05) is 18.3 Å². The van der Waals surface area contributed by atoms with E-state index >= 15 is 0 Å². The van der Waals surface area contributed by atoms with Crippen LogP contribution < -0.4 is 4.90 Å². The second-order valence-corrected chi connectivity index (χ2v) is 6.97. The Morgan fingerprint density at radius 2 is 1.92 bits per heavy atom. The molecule has 0 unspecified atom stereocenters. The number of nitrogens with zero attached hydrogens (tertiary/aromatic N) is 4. The molecule has 0 amide bonds. The second-order valence-electron chi connectivity index (χ2n) is 6.97. The van der Waals surface area contributed by atoms with Crippen LogP contribution in [0, 0.1) is 0 Å². The predicted molar refractivity (Wildman–Crippen MR) is 103 cm³/mol. The summed E-state index contributed by atoms with van der Waals surface area (Å²) in [4.78, 5) is 13.9. The molecule has 0 atom stereocenters. The van der Waals surface area contributed by atoms with Gasteiger partial charge in [0, 0.05) is 57.7 Å². The van der Waals surface area contributed by atoms with Crippen molar-refractivity contribution in [1.82, 2.24) is 14.9 Å². The van der Waals surface area contributed by atoms with E-state index in [0.717, 1.165) is 43.5 Å². The number of benzene rings is 1. The molecule has 0 saturated heterocycles. The van der Waals surface area contributed by atoms with Gasteiger partial charge < -0.3 is 4.90 Å². The molecule has 0 saturated carbocycles. The van der Waals surface area contributed by atoms with Crippen molar-refractivity contribution in [3.05, 3.63) is 65.5 Å². The summed E-state index contributed by atoms with van der Waals surface area (Å²) in [5.74, 6) is 0. The molecule has 0 bridgehead atoms. The molecule has 1 aliphatic rings. The predicted octanol–water partition coefficient (Wildman–Crippen LogP) is 3.30. The minimum absolute atomic E-state index is 0.977. The average Bonchev–Trinajstić information content (AvgIpc) is 2.65. The smallest absolute Gasteiger partial charge is 0.0890 e. The summed E-state index contributed by atoms with van der Waals surface area (Å²) in [6.45, 7) is 3.15. The molecule has 0 N–H and O–H groups in total. The van der Waals surface area contributed by atoms with E-state index in [9.17, 15) is 0 Å². The summed E-state index contributed by atoms with van der Waals surface area (Å²) >= 11 is 0. The van der Waals surface area contributed by atoms with Gasteiger partial charge in [0.25, 0.3) is 0 Å². The van der Waals surface area contributed by atoms with Gasteiger partial charge in [-0.05, 0) is 47.9 Å². The molecule has 4 nitrogen and oxygen atoms in total. The van der Waals surface area contributed by atoms with Gasteiger partial charge in [0.15, 0.2) is 0 Å². The summed E-state index contributed by atoms with van der Waals surface area (Å²) in [5.41, 5.74) is 7.24. The second kappa shape index (κ2) is 6.81. The van der Waals surface area contributed by atoms with E-state index in [4.69, 9.17) is 4.98 Å². The summed E-state index contributed by atoms with van der Waals surface area (Å²) in [7, 11) is 4.15. The van der Waals surface area contributed by atoms with Gasteiger partial charge in [-0.2, -0.15) is 0 Å². The van der Waals surface area contributed by atoms with Crippen molar-refractivity contribution in [2.75, 3.05) is 32.1 Å². The molecular formula is C21H24N4. The Balaban J connectivity index is 1.43. The van der Waals surface area contributed by atoms with Crippen LogP contribution in [0.3, 0.4) is 0 Å². The molecule has 25 heavy (non-hydrogen) atoms. The van der Waals surface area contributed by atoms with E-state index in [1.54, 1.807) is 0 Å². The Hall–Kier alpha value is -2.46. The van der Waals surface area contributed by atoms with Crippen molar-refractivity contribution >= 4 is 16.7 Å². The van der Waals surface area contributed by atoms with E-state index in [1.165, 1.54) is 22.5 Å². The van der Waals surface area contributed by atoms with Gasteiger partial charge in [-0.3, -0.25) is 14.9 Å². The van der Waals surface area contributed by atoms with Crippen molar-refractivity contribution in [3.63, 3.8) is 0 Å². The van der Waals surface area contributed by atoms with Crippen molar-refractivity contribution in [2.24, 2.45) is 0 Å². The number of hydrogen-bond acceptors (Lipinski definition) is 4. The first kappa shape index (κ1) is 16.0. The first-order valence-corrected chi connectivity index (χ1v) is 8.91. The maximum atomic E-state index is 4.80. The highest BCUT2D eigenvalue weighted by molar-refractivity contribution is 5.74. The van der Waals surface area contributed by atoms with Crippen LogP contribution in [0.15, 0.2) is 48.7 Å². The number of fused-ring (bicyclic) bond motifs is 2. The number of anilines is 1. The highest BCUT2D eigenvalue weighted by Gasteiger charge is 2.18. The lowest BCUT2D eigenvalue weighted by atomic mass is 10.0. The lowest BCUT2D eigenvalue weighted by molar-refractivity contribution is 0.255. The number of hydrogen-bond donors (Lipinski definition) is 0. The van der Waals surface area contributed by atoms with Crippen LogP contribution in [0.25, 0.3) is 11.0 Å². The van der Waals surface area contributed by atoms with Crippen molar-refractivity contribution in [3.8, 4) is 0 Å². The summed E-state index contributed by atoms with van der Waals surface area (Å²) < 4.78 is 0. The molecular weight excluding hydrogens is 308 g/mol. The maximum absolute atomic E-state index is 4.80. The largest absolute Gasteiger partial charge is 0.378 e. The normalized spacial score (nSPS) is 14.5. The van der Waals surface area contributed by atoms with Gasteiger partial charge in [-0.25, -0.2) is 0 Å². The zero-order valence-electron chi connectivity index (χ0n) is 14.9. The first-order valence-electron chi connectivity index (χ1n) is 8.91. The van der Waals surface area contributed by atoms with E-state index < -0.39 is 0 Å². The zero-order chi connectivity index (χ0) is 17.2. The third kappa shape index (κ3) is 3.49. The molecule has 0 fully saturated rings. The summed E-state index contributed by atoms with van der Waals surface area (Å²) in [5, 5.41) is 0. The van der Waals surface area contributed by atoms with Crippen LogP contribution >= 0.6 is 0 Å². The van der Waals surface area contributed by atoms with Crippen LogP contribution in [0.1, 0.15) is 16.8 Å². The van der Waals surface area contributed by atoms with Gasteiger partial charge in [0.05, 0.1) is 11.0 Å². The van der Waals surface area contributed by atoms with Gasteiger partial charge >= 0.3 is 0 Å². The fourth-order valence-electron chi connectivity index (χ4n) is 3.46. The third-order valence-electron chi connectivity index (χ3n) is 4.98. The van der Waals surface area contributed by atoms with Gasteiger partial charge in [-0.15, -0.1) is 0 Å². The molecule has 128 valence electrons. The Morgan fingerprint density at radius 1 is 1.08 bits per heavy atom. The van der Waals surface area contributed by atoms with Crippen LogP contribution in [0.2, 0.25) is 0 Å². The average molecular weight is 332 g/mol. The molecule has 4 heteroatoms. The quantitative estimate of drug-likeness (QED) is 0.734. The molecule has 1 aromatic carbocycles. The number of aromatic nitrogens is 2. The monoisotopic (exact) mass is 332 g/mol. The Bertz CT molecular complexity index is 871. The van der Waals surface area contributed by atoms with Crippen LogP contribution in [0.4, 0.5) is 5.69 Å². The number of rotatable bonds is 4. The van der Waals surface area contributed by atoms with Crippen molar-refractivity contribution in [1.29, 1.82) is 0 Å². The van der Waals surface area contributed by atoms with Gasteiger partial charge in [0.1, 0.15) is 0 Å². The fourth-order valence-corrected chi connectivity index (χ4v) is 3.46. The van der Waals surface area contributed by atoms with E-state index in [-0.39, 0.29) is 0 Å². The summed E-state index contributed by atoms with van der Waals surface area (Å²) in [6, 6.07) is 15.1. The van der Waals surface area contributed by atoms with Crippen LogP contribution in [-0.4, -0.2) is 42.1 Å². The minimum atomic E-state index is 0.977. The van der Waals surface area contributed by atoms with Crippen LogP contribution in [0.5, 0.6) is 0 Å². The standard InChI is InChI=1S/C21H24N4/c1-24(2)18-7-5-16(6-8-18)9-12-25-13-10-19-17(15-25)14-21-20(23-19)4-3-11-22-21/h3-8,11,14H,9-10,12-13,15H2,1-2H3. The highest BCUT2D eigenvalue weighted by Crippen LogP contribution is 2.21. The van der Waals surface area contributed by atoms with Crippen molar-refractivity contribution in [2.45, 2.75) is 19.4 Å². The first-order chi connectivity index (χ1) is 12.2. The van der Waals surface area contributed by atoms with E-state index in [2.05, 4.69) is 59.2 Å². The molecule has 0 aliphatic carbocycles. The lowest BCUT2D eigenvalue weighted by Gasteiger charge is -2.28. The fraction of sp³-hybridized carbons (Fsp3) is 0.333. The highest BCUT2D eigenvalue weighted by atomic mass is 15.1. The molecule has 1 aliphatic heterocycles. The zero-order valence-corrected chi connectivity index (χ0v) is 14.9. The summed E-state index contributed by atoms with van der Waals surface area (Å²) in [6.07, 6.45) is 3.95. The molecule has 2 aromatic heterocycles. The Labute approximate surface area is 149 Å². The molecule has 0 spiro atoms. The van der Waals surface area contributed by atoms with Crippen molar-refractivity contribution < 1.29 is 0 Å². The lowest BCUT2D eigenvalue weighted by Crippen LogP contribution is -2.32. The molecule has 0 radical (unpaired) electrons. The molecule has 3 heterocycles. The van der Waals surface area contributed by atoms with Gasteiger partial charge in [0.2, 0.25) is 0 Å². The maximum Gasteiger partial charge on any atom is 0.0890 e. The SMILES string of the molecule is CN(C)c1ccc(CCN2CCc3nc4cccnc4cc3C2)cc1. The third-order valence-corrected chi connectivity index (χ3v) is 4.98. The minimum Gasteiger partial charge on any atom is -0.378 e. The topological polar surface area (TPSA) is 32.3 Å². The van der Waals surface area contributed by atoms with Gasteiger partial charge in [-0.1, -0.05) is 12.1 Å².